The van der Waals surface area contributed by atoms with Gasteiger partial charge >= 0.3 is 0 Å². The lowest BCUT2D eigenvalue weighted by Crippen LogP contribution is -2.40. The van der Waals surface area contributed by atoms with Gasteiger partial charge in [-0.15, -0.1) is 11.3 Å². The van der Waals surface area contributed by atoms with Gasteiger partial charge in [-0.2, -0.15) is 0 Å². The Morgan fingerprint density at radius 1 is 1.35 bits per heavy atom. The van der Waals surface area contributed by atoms with Gasteiger partial charge in [0.25, 0.3) is 0 Å². The van der Waals surface area contributed by atoms with Gasteiger partial charge in [0.05, 0.1) is 10.2 Å². The lowest BCUT2D eigenvalue weighted by molar-refractivity contribution is -0.122. The zero-order valence-corrected chi connectivity index (χ0v) is 15.2. The third-order valence-electron chi connectivity index (χ3n) is 4.51. The van der Waals surface area contributed by atoms with Crippen molar-refractivity contribution in [2.75, 3.05) is 5.75 Å². The largest absolute Gasteiger partial charge is 0.353 e. The molecule has 1 heterocycles. The van der Waals surface area contributed by atoms with Crippen LogP contribution in [0.25, 0.3) is 10.2 Å². The Morgan fingerprint density at radius 2 is 2.17 bits per heavy atom. The number of aromatic nitrogens is 1. The van der Waals surface area contributed by atoms with Crippen LogP contribution in [0.5, 0.6) is 0 Å². The van der Waals surface area contributed by atoms with E-state index < -0.39 is 0 Å². The Kier molecular flexibility index (Phi) is 5.95. The van der Waals surface area contributed by atoms with Crippen LogP contribution in [0.1, 0.15) is 45.4 Å². The number of thioether (sulfide) groups is 1. The molecule has 3 nitrogen and oxygen atoms in total. The number of benzene rings is 1. The molecule has 2 atom stereocenters. The minimum absolute atomic E-state index is 0.216. The van der Waals surface area contributed by atoms with Crippen molar-refractivity contribution < 1.29 is 4.79 Å². The van der Waals surface area contributed by atoms with E-state index in [1.54, 1.807) is 23.1 Å². The van der Waals surface area contributed by atoms with E-state index in [4.69, 9.17) is 0 Å². The molecule has 1 aliphatic rings. The SMILES string of the molecule is C[C@H]1CCCC[C@H]1NC(=O)CCCSc1nc2ccccc2s1. The lowest BCUT2D eigenvalue weighted by atomic mass is 9.86. The molecule has 1 fully saturated rings. The molecule has 0 radical (unpaired) electrons. The van der Waals surface area contributed by atoms with Crippen molar-refractivity contribution in [1.29, 1.82) is 0 Å². The smallest absolute Gasteiger partial charge is 0.220 e. The number of hydrogen-bond acceptors (Lipinski definition) is 4. The van der Waals surface area contributed by atoms with E-state index in [2.05, 4.69) is 29.4 Å². The summed E-state index contributed by atoms with van der Waals surface area (Å²) in [5.74, 6) is 1.80. The molecule has 1 aromatic heterocycles. The summed E-state index contributed by atoms with van der Waals surface area (Å²) in [6, 6.07) is 8.62. The van der Waals surface area contributed by atoms with Crippen molar-refractivity contribution in [2.45, 2.75) is 55.8 Å². The first-order valence-corrected chi connectivity index (χ1v) is 10.3. The highest BCUT2D eigenvalue weighted by atomic mass is 32.2. The second-order valence-corrected chi connectivity index (χ2v) is 8.71. The molecule has 2 aromatic rings. The van der Waals surface area contributed by atoms with Crippen LogP contribution >= 0.6 is 23.1 Å². The van der Waals surface area contributed by atoms with Crippen molar-refractivity contribution in [3.8, 4) is 0 Å². The van der Waals surface area contributed by atoms with Gasteiger partial charge in [-0.3, -0.25) is 4.79 Å². The molecule has 0 spiro atoms. The molecule has 0 unspecified atom stereocenters. The summed E-state index contributed by atoms with van der Waals surface area (Å²) in [7, 11) is 0. The first-order chi connectivity index (χ1) is 11.2. The van der Waals surface area contributed by atoms with Crippen molar-refractivity contribution in [3.63, 3.8) is 0 Å². The van der Waals surface area contributed by atoms with Gasteiger partial charge in [0.2, 0.25) is 5.91 Å². The molecule has 1 aliphatic carbocycles. The number of nitrogens with one attached hydrogen (secondary N) is 1. The summed E-state index contributed by atoms with van der Waals surface area (Å²) in [6.07, 6.45) is 6.50. The first kappa shape index (κ1) is 16.8. The minimum Gasteiger partial charge on any atom is -0.353 e. The maximum absolute atomic E-state index is 12.1. The number of hydrogen-bond donors (Lipinski definition) is 1. The van der Waals surface area contributed by atoms with Crippen LogP contribution in [0.2, 0.25) is 0 Å². The number of nitrogens with zero attached hydrogens (tertiary/aromatic N) is 1. The maximum atomic E-state index is 12.1. The van der Waals surface area contributed by atoms with Gasteiger partial charge < -0.3 is 5.32 Å². The molecule has 1 N–H and O–H groups in total. The van der Waals surface area contributed by atoms with Gasteiger partial charge in [-0.05, 0) is 37.3 Å². The van der Waals surface area contributed by atoms with E-state index in [1.165, 1.54) is 24.0 Å². The van der Waals surface area contributed by atoms with Crippen LogP contribution in [0, 0.1) is 5.92 Å². The molecular formula is C18H24N2OS2. The number of rotatable bonds is 6. The molecule has 1 saturated carbocycles. The van der Waals surface area contributed by atoms with Gasteiger partial charge in [0.15, 0.2) is 4.34 Å². The molecule has 1 amide bonds. The molecule has 124 valence electrons. The second kappa shape index (κ2) is 8.15. The van der Waals surface area contributed by atoms with Crippen LogP contribution in [-0.4, -0.2) is 22.7 Å². The van der Waals surface area contributed by atoms with E-state index in [1.807, 2.05) is 12.1 Å². The molecule has 3 rings (SSSR count). The summed E-state index contributed by atoms with van der Waals surface area (Å²) in [5.41, 5.74) is 1.07. The summed E-state index contributed by atoms with van der Waals surface area (Å²) in [5, 5.41) is 3.23. The highest BCUT2D eigenvalue weighted by molar-refractivity contribution is 8.01. The lowest BCUT2D eigenvalue weighted by Gasteiger charge is -2.29. The third kappa shape index (κ3) is 4.70. The number of carbonyl (C=O) groups excluding carboxylic acids is 1. The van der Waals surface area contributed by atoms with Crippen molar-refractivity contribution in [3.05, 3.63) is 24.3 Å². The normalized spacial score (nSPS) is 21.4. The Balaban J connectivity index is 1.38. The Hall–Kier alpha value is -1.07. The molecule has 0 saturated heterocycles. The van der Waals surface area contributed by atoms with Gasteiger partial charge in [-0.25, -0.2) is 4.98 Å². The van der Waals surface area contributed by atoms with E-state index in [-0.39, 0.29) is 5.91 Å². The predicted molar refractivity (Wildman–Crippen MR) is 99.1 cm³/mol. The third-order valence-corrected chi connectivity index (χ3v) is 6.77. The molecular weight excluding hydrogens is 324 g/mol. The van der Waals surface area contributed by atoms with Crippen LogP contribution in [0.15, 0.2) is 28.6 Å². The van der Waals surface area contributed by atoms with E-state index in [0.29, 0.717) is 18.4 Å². The van der Waals surface area contributed by atoms with Crippen molar-refractivity contribution in [2.24, 2.45) is 5.92 Å². The van der Waals surface area contributed by atoms with Crippen molar-refractivity contribution in [1.82, 2.24) is 10.3 Å². The quantitative estimate of drug-likeness (QED) is 0.598. The van der Waals surface area contributed by atoms with Crippen LogP contribution in [0.3, 0.4) is 0 Å². The Morgan fingerprint density at radius 3 is 3.00 bits per heavy atom. The molecule has 1 aromatic carbocycles. The Labute approximate surface area is 146 Å². The monoisotopic (exact) mass is 348 g/mol. The zero-order chi connectivity index (χ0) is 16.1. The molecule has 5 heteroatoms. The number of para-hydroxylation sites is 1. The van der Waals surface area contributed by atoms with Crippen LogP contribution in [-0.2, 0) is 4.79 Å². The highest BCUT2D eigenvalue weighted by Crippen LogP contribution is 2.29. The molecule has 23 heavy (non-hydrogen) atoms. The number of carbonyl (C=O) groups is 1. The fourth-order valence-electron chi connectivity index (χ4n) is 3.11. The summed E-state index contributed by atoms with van der Waals surface area (Å²) in [4.78, 5) is 16.7. The maximum Gasteiger partial charge on any atom is 0.220 e. The minimum atomic E-state index is 0.216. The summed E-state index contributed by atoms with van der Waals surface area (Å²) < 4.78 is 2.34. The predicted octanol–water partition coefficient (Wildman–Crippen LogP) is 4.86. The standard InChI is InChI=1S/C18H24N2OS2/c1-13-7-2-3-8-14(13)19-17(21)11-6-12-22-18-20-15-9-4-5-10-16(15)23-18/h4-5,9-10,13-14H,2-3,6-8,11-12H2,1H3,(H,19,21)/t13-,14+/m0/s1. The number of amides is 1. The van der Waals surface area contributed by atoms with Gasteiger partial charge in [0.1, 0.15) is 0 Å². The summed E-state index contributed by atoms with van der Waals surface area (Å²) >= 11 is 3.50. The van der Waals surface area contributed by atoms with Gasteiger partial charge in [-0.1, -0.05) is 43.7 Å². The average molecular weight is 349 g/mol. The fourth-order valence-corrected chi connectivity index (χ4v) is 5.19. The number of thiazole rings is 1. The average Bonchev–Trinajstić information content (AvgIpc) is 2.96. The number of fused-ring (bicyclic) bond motifs is 1. The molecule has 0 bridgehead atoms. The van der Waals surface area contributed by atoms with Crippen molar-refractivity contribution >= 4 is 39.2 Å². The van der Waals surface area contributed by atoms with Gasteiger partial charge in [0, 0.05) is 18.2 Å². The first-order valence-electron chi connectivity index (χ1n) is 8.50. The fraction of sp³-hybridized carbons (Fsp3) is 0.556. The zero-order valence-electron chi connectivity index (χ0n) is 13.6. The summed E-state index contributed by atoms with van der Waals surface area (Å²) in [6.45, 7) is 2.26. The van der Waals surface area contributed by atoms with E-state index in [9.17, 15) is 4.79 Å². The molecule has 0 aliphatic heterocycles. The van der Waals surface area contributed by atoms with E-state index >= 15 is 0 Å². The second-order valence-electron chi connectivity index (χ2n) is 6.34. The van der Waals surface area contributed by atoms with Crippen LogP contribution in [0.4, 0.5) is 0 Å². The highest BCUT2D eigenvalue weighted by Gasteiger charge is 2.22. The topological polar surface area (TPSA) is 42.0 Å². The van der Waals surface area contributed by atoms with Crippen LogP contribution < -0.4 is 5.32 Å². The Bertz CT molecular complexity index is 622. The van der Waals surface area contributed by atoms with E-state index in [0.717, 1.165) is 28.5 Å².